The fraction of sp³-hybridized carbons (Fsp3) is 0.222. The van der Waals surface area contributed by atoms with Gasteiger partial charge in [0.05, 0.1) is 22.5 Å². The van der Waals surface area contributed by atoms with Crippen LogP contribution >= 0.6 is 35.6 Å². The van der Waals surface area contributed by atoms with E-state index in [0.717, 1.165) is 5.56 Å². The molecule has 1 rings (SSSR count). The van der Waals surface area contributed by atoms with E-state index in [1.54, 1.807) is 18.2 Å². The van der Waals surface area contributed by atoms with Crippen molar-refractivity contribution in [2.24, 2.45) is 5.73 Å². The van der Waals surface area contributed by atoms with Crippen LogP contribution in [0.3, 0.4) is 0 Å². The van der Waals surface area contributed by atoms with Crippen molar-refractivity contribution >= 4 is 35.6 Å². The first-order valence-electron chi connectivity index (χ1n) is 3.72. The summed E-state index contributed by atoms with van der Waals surface area (Å²) in [5.74, 6) is 0. The van der Waals surface area contributed by atoms with Crippen LogP contribution in [0.15, 0.2) is 18.2 Å². The van der Waals surface area contributed by atoms with E-state index in [9.17, 15) is 0 Å². The minimum absolute atomic E-state index is 0. The van der Waals surface area contributed by atoms with Crippen molar-refractivity contribution in [3.8, 4) is 6.07 Å². The Labute approximate surface area is 99.0 Å². The summed E-state index contributed by atoms with van der Waals surface area (Å²) >= 11 is 11.5. The lowest BCUT2D eigenvalue weighted by molar-refractivity contribution is 0.749. The molecule has 0 aliphatic carbocycles. The maximum Gasteiger partial charge on any atom is 0.0641 e. The second kappa shape index (κ2) is 6.10. The van der Waals surface area contributed by atoms with Gasteiger partial charge in [-0.05, 0) is 17.7 Å². The Bertz CT molecular complexity index is 346. The lowest BCUT2D eigenvalue weighted by Gasteiger charge is -2.08. The number of benzene rings is 1. The molecule has 0 spiro atoms. The third-order valence-electron chi connectivity index (χ3n) is 1.68. The van der Waals surface area contributed by atoms with Crippen molar-refractivity contribution in [3.05, 3.63) is 33.8 Å². The van der Waals surface area contributed by atoms with Crippen molar-refractivity contribution < 1.29 is 0 Å². The molecule has 1 aromatic rings. The maximum atomic E-state index is 8.43. The van der Waals surface area contributed by atoms with E-state index in [-0.39, 0.29) is 24.9 Å². The largest absolute Gasteiger partial charge is 0.323 e. The lowest BCUT2D eigenvalue weighted by Crippen LogP contribution is -2.08. The summed E-state index contributed by atoms with van der Waals surface area (Å²) in [6.07, 6.45) is 0.276. The van der Waals surface area contributed by atoms with Crippen LogP contribution in [0.25, 0.3) is 0 Å². The molecule has 76 valence electrons. The zero-order valence-electron chi connectivity index (χ0n) is 7.21. The normalized spacial score (nSPS) is 11.3. The Morgan fingerprint density at radius 2 is 2.00 bits per heavy atom. The second-order valence-corrected chi connectivity index (χ2v) is 3.46. The first-order valence-corrected chi connectivity index (χ1v) is 4.48. The van der Waals surface area contributed by atoms with E-state index in [4.69, 9.17) is 34.2 Å². The Kier molecular flexibility index (Phi) is 5.90. The highest BCUT2D eigenvalue weighted by Gasteiger charge is 2.06. The molecule has 2 nitrogen and oxygen atoms in total. The highest BCUT2D eigenvalue weighted by atomic mass is 35.5. The molecule has 14 heavy (non-hydrogen) atoms. The van der Waals surface area contributed by atoms with E-state index < -0.39 is 0 Å². The number of halogens is 3. The molecule has 0 aliphatic rings. The van der Waals surface area contributed by atoms with Gasteiger partial charge in [0.15, 0.2) is 0 Å². The summed E-state index contributed by atoms with van der Waals surface area (Å²) in [6.45, 7) is 0. The molecule has 0 unspecified atom stereocenters. The van der Waals surface area contributed by atoms with Crippen molar-refractivity contribution in [1.82, 2.24) is 0 Å². The standard InChI is InChI=1S/C9H8Cl2N2.ClH/c10-7-2-1-6(5-8(7)11)9(13)3-4-12;/h1-2,5,9H,3,13H2;1H/t9-;/m1./s1. The van der Waals surface area contributed by atoms with Gasteiger partial charge in [0.1, 0.15) is 0 Å². The molecular formula is C9H9Cl3N2. The first-order chi connectivity index (χ1) is 6.15. The molecule has 1 atom stereocenters. The Morgan fingerprint density at radius 1 is 1.36 bits per heavy atom. The van der Waals surface area contributed by atoms with Crippen molar-refractivity contribution in [2.45, 2.75) is 12.5 Å². The Hall–Kier alpha value is -0.460. The fourth-order valence-electron chi connectivity index (χ4n) is 0.959. The van der Waals surface area contributed by atoms with Crippen LogP contribution in [0.5, 0.6) is 0 Å². The Balaban J connectivity index is 0.00000169. The van der Waals surface area contributed by atoms with Gasteiger partial charge in [-0.2, -0.15) is 5.26 Å². The third kappa shape index (κ3) is 3.36. The van der Waals surface area contributed by atoms with Crippen LogP contribution in [0, 0.1) is 11.3 Å². The zero-order chi connectivity index (χ0) is 9.84. The fourth-order valence-corrected chi connectivity index (χ4v) is 1.27. The topological polar surface area (TPSA) is 49.8 Å². The predicted molar refractivity (Wildman–Crippen MR) is 60.9 cm³/mol. The van der Waals surface area contributed by atoms with Gasteiger partial charge in [0, 0.05) is 6.04 Å². The highest BCUT2D eigenvalue weighted by Crippen LogP contribution is 2.25. The van der Waals surface area contributed by atoms with E-state index >= 15 is 0 Å². The van der Waals surface area contributed by atoms with Gasteiger partial charge in [-0.15, -0.1) is 12.4 Å². The molecule has 0 aromatic heterocycles. The molecule has 0 radical (unpaired) electrons. The molecule has 0 aliphatic heterocycles. The molecule has 0 saturated carbocycles. The van der Waals surface area contributed by atoms with Crippen LogP contribution in [0.1, 0.15) is 18.0 Å². The molecule has 0 heterocycles. The first kappa shape index (κ1) is 13.5. The van der Waals surface area contributed by atoms with Crippen LogP contribution in [0.4, 0.5) is 0 Å². The highest BCUT2D eigenvalue weighted by molar-refractivity contribution is 6.42. The molecule has 2 N–H and O–H groups in total. The minimum atomic E-state index is -0.292. The quantitative estimate of drug-likeness (QED) is 0.876. The van der Waals surface area contributed by atoms with Gasteiger partial charge < -0.3 is 5.73 Å². The summed E-state index contributed by atoms with van der Waals surface area (Å²) < 4.78 is 0. The summed E-state index contributed by atoms with van der Waals surface area (Å²) in [4.78, 5) is 0. The number of nitrogens with zero attached hydrogens (tertiary/aromatic N) is 1. The number of nitriles is 1. The number of nitrogens with two attached hydrogens (primary N) is 1. The molecule has 0 fully saturated rings. The maximum absolute atomic E-state index is 8.43. The van der Waals surface area contributed by atoms with Crippen molar-refractivity contribution in [3.63, 3.8) is 0 Å². The summed E-state index contributed by atoms with van der Waals surface area (Å²) in [5, 5.41) is 9.39. The number of hydrogen-bond donors (Lipinski definition) is 1. The third-order valence-corrected chi connectivity index (χ3v) is 2.42. The average Bonchev–Trinajstić information content (AvgIpc) is 2.10. The summed E-state index contributed by atoms with van der Waals surface area (Å²) in [6, 6.07) is 6.84. The number of hydrogen-bond acceptors (Lipinski definition) is 2. The summed E-state index contributed by atoms with van der Waals surface area (Å²) in [7, 11) is 0. The van der Waals surface area contributed by atoms with Gasteiger partial charge in [0.25, 0.3) is 0 Å². The van der Waals surface area contributed by atoms with Crippen molar-refractivity contribution in [1.29, 1.82) is 5.26 Å². The van der Waals surface area contributed by atoms with Gasteiger partial charge in [-0.25, -0.2) is 0 Å². The van der Waals surface area contributed by atoms with Crippen LogP contribution in [-0.2, 0) is 0 Å². The van der Waals surface area contributed by atoms with E-state index in [1.165, 1.54) is 0 Å². The molecular weight excluding hydrogens is 242 g/mol. The minimum Gasteiger partial charge on any atom is -0.323 e. The van der Waals surface area contributed by atoms with Crippen LogP contribution in [-0.4, -0.2) is 0 Å². The predicted octanol–water partition coefficient (Wildman–Crippen LogP) is 3.33. The van der Waals surface area contributed by atoms with Gasteiger partial charge >= 0.3 is 0 Å². The van der Waals surface area contributed by atoms with E-state index in [1.807, 2.05) is 6.07 Å². The zero-order valence-corrected chi connectivity index (χ0v) is 9.53. The van der Waals surface area contributed by atoms with E-state index in [2.05, 4.69) is 0 Å². The van der Waals surface area contributed by atoms with Crippen LogP contribution < -0.4 is 5.73 Å². The molecule has 5 heteroatoms. The SMILES string of the molecule is Cl.N#CC[C@@H](N)c1ccc(Cl)c(Cl)c1. The monoisotopic (exact) mass is 250 g/mol. The van der Waals surface area contributed by atoms with E-state index in [0.29, 0.717) is 10.0 Å². The molecule has 1 aromatic carbocycles. The summed E-state index contributed by atoms with van der Waals surface area (Å²) in [5.41, 5.74) is 6.53. The van der Waals surface area contributed by atoms with Crippen molar-refractivity contribution in [2.75, 3.05) is 0 Å². The molecule has 0 saturated heterocycles. The molecule has 0 amide bonds. The van der Waals surface area contributed by atoms with Crippen LogP contribution in [0.2, 0.25) is 10.0 Å². The average molecular weight is 252 g/mol. The number of rotatable bonds is 2. The lowest BCUT2D eigenvalue weighted by atomic mass is 10.1. The second-order valence-electron chi connectivity index (χ2n) is 2.64. The smallest absolute Gasteiger partial charge is 0.0641 e. The van der Waals surface area contributed by atoms with Gasteiger partial charge in [-0.1, -0.05) is 29.3 Å². The van der Waals surface area contributed by atoms with Gasteiger partial charge in [-0.3, -0.25) is 0 Å². The Morgan fingerprint density at radius 3 is 2.50 bits per heavy atom. The molecule has 0 bridgehead atoms. The van der Waals surface area contributed by atoms with Gasteiger partial charge in [0.2, 0.25) is 0 Å².